The van der Waals surface area contributed by atoms with Gasteiger partial charge in [-0.15, -0.1) is 0 Å². The fourth-order valence-corrected chi connectivity index (χ4v) is 3.47. The summed E-state index contributed by atoms with van der Waals surface area (Å²) < 4.78 is 25.2. The fourth-order valence-electron chi connectivity index (χ4n) is 2.98. The second kappa shape index (κ2) is 8.62. The minimum absolute atomic E-state index is 0.359. The number of aromatic nitrogens is 4. The van der Waals surface area contributed by atoms with Gasteiger partial charge >= 0.3 is 0 Å². The maximum Gasteiger partial charge on any atom is 0.212 e. The molecule has 0 amide bonds. The van der Waals surface area contributed by atoms with Crippen LogP contribution in [0.5, 0.6) is 11.5 Å². The van der Waals surface area contributed by atoms with E-state index in [9.17, 15) is 4.39 Å². The summed E-state index contributed by atoms with van der Waals surface area (Å²) >= 11 is 3.51. The molecule has 0 unspecified atom stereocenters. The van der Waals surface area contributed by atoms with Crippen LogP contribution in [0.15, 0.2) is 59.3 Å². The van der Waals surface area contributed by atoms with Gasteiger partial charge in [0.1, 0.15) is 34.2 Å². The molecular weight excluding hydrogens is 451 g/mol. The van der Waals surface area contributed by atoms with Crippen LogP contribution in [0.25, 0.3) is 22.6 Å². The van der Waals surface area contributed by atoms with E-state index in [1.54, 1.807) is 13.2 Å². The average molecular weight is 469 g/mol. The smallest absolute Gasteiger partial charge is 0.212 e. The Hall–Kier alpha value is -3.26. The molecule has 0 bridgehead atoms. The molecule has 0 aliphatic rings. The Labute approximate surface area is 181 Å². The number of nitrogens with one attached hydrogen (secondary N) is 1. The molecule has 0 aliphatic heterocycles. The van der Waals surface area contributed by atoms with Crippen molar-refractivity contribution in [3.8, 4) is 34.1 Å². The molecule has 6 nitrogen and oxygen atoms in total. The van der Waals surface area contributed by atoms with E-state index >= 15 is 0 Å². The monoisotopic (exact) mass is 468 g/mol. The first-order chi connectivity index (χ1) is 14.5. The first-order valence-electron chi connectivity index (χ1n) is 9.14. The van der Waals surface area contributed by atoms with Crippen molar-refractivity contribution >= 4 is 15.9 Å². The molecule has 8 heteroatoms. The lowest BCUT2D eigenvalue weighted by Gasteiger charge is -2.11. The highest BCUT2D eigenvalue weighted by atomic mass is 79.9. The lowest BCUT2D eigenvalue weighted by molar-refractivity contribution is 0.299. The molecule has 30 heavy (non-hydrogen) atoms. The van der Waals surface area contributed by atoms with Crippen molar-refractivity contribution in [2.24, 2.45) is 0 Å². The molecule has 4 aromatic rings. The number of nitrogens with zero attached hydrogens (tertiary/aromatic N) is 3. The Kier molecular flexibility index (Phi) is 5.76. The number of aryl methyl sites for hydroxylation is 1. The van der Waals surface area contributed by atoms with Gasteiger partial charge in [0.05, 0.1) is 12.8 Å². The van der Waals surface area contributed by atoms with Gasteiger partial charge in [-0.05, 0) is 59.3 Å². The normalized spacial score (nSPS) is 10.8. The molecule has 0 saturated heterocycles. The van der Waals surface area contributed by atoms with Crippen LogP contribution in [-0.2, 0) is 6.61 Å². The van der Waals surface area contributed by atoms with E-state index in [0.29, 0.717) is 39.8 Å². The van der Waals surface area contributed by atoms with Crippen molar-refractivity contribution in [1.82, 2.24) is 19.9 Å². The van der Waals surface area contributed by atoms with Gasteiger partial charge in [0.2, 0.25) is 5.95 Å². The number of pyridine rings is 2. The summed E-state index contributed by atoms with van der Waals surface area (Å²) in [5, 5.41) is 0. The van der Waals surface area contributed by atoms with Crippen molar-refractivity contribution < 1.29 is 13.9 Å². The second-order valence-electron chi connectivity index (χ2n) is 6.54. The molecule has 0 aliphatic carbocycles. The fraction of sp³-hybridized carbons (Fsp3) is 0.136. The van der Waals surface area contributed by atoms with Gasteiger partial charge in [0, 0.05) is 29.1 Å². The number of imidazole rings is 1. The third-order valence-electron chi connectivity index (χ3n) is 4.42. The van der Waals surface area contributed by atoms with Gasteiger partial charge in [-0.2, -0.15) is 4.39 Å². The molecule has 3 heterocycles. The summed E-state index contributed by atoms with van der Waals surface area (Å²) in [6.45, 7) is 2.30. The minimum Gasteiger partial charge on any atom is -0.496 e. The van der Waals surface area contributed by atoms with E-state index in [-0.39, 0.29) is 0 Å². The topological polar surface area (TPSA) is 72.9 Å². The Morgan fingerprint density at radius 1 is 1.10 bits per heavy atom. The number of ether oxygens (including phenoxy) is 2. The number of aromatic amines is 1. The summed E-state index contributed by atoms with van der Waals surface area (Å²) in [6, 6.07) is 14.3. The zero-order chi connectivity index (χ0) is 21.1. The maximum absolute atomic E-state index is 13.1. The van der Waals surface area contributed by atoms with Crippen molar-refractivity contribution in [3.05, 3.63) is 76.7 Å². The number of H-pyrrole nitrogens is 1. The van der Waals surface area contributed by atoms with Crippen LogP contribution in [0.4, 0.5) is 4.39 Å². The van der Waals surface area contributed by atoms with Gasteiger partial charge in [-0.3, -0.25) is 4.98 Å². The number of rotatable bonds is 6. The molecule has 1 N–H and O–H groups in total. The van der Waals surface area contributed by atoms with Crippen LogP contribution >= 0.6 is 15.9 Å². The molecule has 1 aromatic carbocycles. The van der Waals surface area contributed by atoms with Crippen molar-refractivity contribution in [1.29, 1.82) is 0 Å². The van der Waals surface area contributed by atoms with Crippen molar-refractivity contribution in [2.75, 3.05) is 7.11 Å². The Morgan fingerprint density at radius 2 is 1.97 bits per heavy atom. The predicted octanol–water partition coefficient (Wildman–Crippen LogP) is 5.33. The lowest BCUT2D eigenvalue weighted by Crippen LogP contribution is -1.99. The van der Waals surface area contributed by atoms with E-state index in [1.165, 1.54) is 12.3 Å². The zero-order valence-corrected chi connectivity index (χ0v) is 17.9. The van der Waals surface area contributed by atoms with Gasteiger partial charge in [-0.25, -0.2) is 9.97 Å². The van der Waals surface area contributed by atoms with Gasteiger partial charge < -0.3 is 14.5 Å². The third kappa shape index (κ3) is 4.33. The van der Waals surface area contributed by atoms with Crippen molar-refractivity contribution in [3.63, 3.8) is 0 Å². The summed E-state index contributed by atoms with van der Waals surface area (Å²) in [7, 11) is 1.59. The molecule has 0 spiro atoms. The molecule has 3 aromatic heterocycles. The van der Waals surface area contributed by atoms with Crippen LogP contribution < -0.4 is 9.47 Å². The standard InChI is InChI=1S/C22H18BrFN4O2/c1-13-4-3-5-15(26-13)12-30-16-7-8-17(18(10-16)29-2)20-21(23)28-22(27-20)14-6-9-19(24)25-11-14/h3-11H,12H2,1-2H3,(H,27,28). The summed E-state index contributed by atoms with van der Waals surface area (Å²) in [6.07, 6.45) is 1.43. The summed E-state index contributed by atoms with van der Waals surface area (Å²) in [5.74, 6) is 1.30. The van der Waals surface area contributed by atoms with Crippen LogP contribution in [0.2, 0.25) is 0 Å². The van der Waals surface area contributed by atoms with Gasteiger partial charge in [0.25, 0.3) is 0 Å². The van der Waals surface area contributed by atoms with Crippen LogP contribution in [0.3, 0.4) is 0 Å². The summed E-state index contributed by atoms with van der Waals surface area (Å²) in [4.78, 5) is 15.9. The minimum atomic E-state index is -0.539. The quantitative estimate of drug-likeness (QED) is 0.387. The molecule has 0 atom stereocenters. The number of benzene rings is 1. The predicted molar refractivity (Wildman–Crippen MR) is 115 cm³/mol. The third-order valence-corrected chi connectivity index (χ3v) is 5.00. The number of methoxy groups -OCH3 is 1. The Balaban J connectivity index is 1.59. The first kappa shape index (κ1) is 20.0. The Bertz CT molecular complexity index is 1180. The number of halogens is 2. The zero-order valence-electron chi connectivity index (χ0n) is 16.3. The second-order valence-corrected chi connectivity index (χ2v) is 7.33. The Morgan fingerprint density at radius 3 is 2.70 bits per heavy atom. The van der Waals surface area contributed by atoms with Gasteiger partial charge in [0.15, 0.2) is 0 Å². The largest absolute Gasteiger partial charge is 0.496 e. The highest BCUT2D eigenvalue weighted by Gasteiger charge is 2.17. The molecular formula is C22H18BrFN4O2. The lowest BCUT2D eigenvalue weighted by atomic mass is 10.1. The molecule has 152 valence electrons. The van der Waals surface area contributed by atoms with Crippen LogP contribution in [-0.4, -0.2) is 27.0 Å². The summed E-state index contributed by atoms with van der Waals surface area (Å²) in [5.41, 5.74) is 3.92. The van der Waals surface area contributed by atoms with E-state index in [4.69, 9.17) is 9.47 Å². The van der Waals surface area contributed by atoms with Gasteiger partial charge in [-0.1, -0.05) is 6.07 Å². The van der Waals surface area contributed by atoms with Crippen LogP contribution in [0, 0.1) is 12.9 Å². The molecule has 0 fully saturated rings. The van der Waals surface area contributed by atoms with Crippen molar-refractivity contribution in [2.45, 2.75) is 13.5 Å². The van der Waals surface area contributed by atoms with E-state index in [2.05, 4.69) is 35.9 Å². The van der Waals surface area contributed by atoms with E-state index in [1.807, 2.05) is 43.3 Å². The molecule has 0 saturated carbocycles. The average Bonchev–Trinajstić information content (AvgIpc) is 3.14. The highest BCUT2D eigenvalue weighted by Crippen LogP contribution is 2.37. The maximum atomic E-state index is 13.1. The number of hydrogen-bond acceptors (Lipinski definition) is 5. The van der Waals surface area contributed by atoms with E-state index in [0.717, 1.165) is 17.0 Å². The molecule has 0 radical (unpaired) electrons. The SMILES string of the molecule is COc1cc(OCc2cccc(C)n2)ccc1-c1nc(-c2ccc(F)nc2)[nH]c1Br. The first-order valence-corrected chi connectivity index (χ1v) is 9.94. The highest BCUT2D eigenvalue weighted by molar-refractivity contribution is 9.10. The molecule has 4 rings (SSSR count). The van der Waals surface area contributed by atoms with Crippen LogP contribution in [0.1, 0.15) is 11.4 Å². The van der Waals surface area contributed by atoms with E-state index < -0.39 is 5.95 Å². The number of hydrogen-bond donors (Lipinski definition) is 1.